The van der Waals surface area contributed by atoms with Crippen molar-refractivity contribution in [2.24, 2.45) is 5.92 Å². The summed E-state index contributed by atoms with van der Waals surface area (Å²) in [4.78, 5) is 14.2. The number of hydrogen-bond acceptors (Lipinski definition) is 2. The molecule has 2 aromatic rings. The molecule has 1 aromatic heterocycles. The van der Waals surface area contributed by atoms with Crippen LogP contribution in [0.4, 0.5) is 0 Å². The van der Waals surface area contributed by atoms with E-state index in [1.165, 1.54) is 5.56 Å². The van der Waals surface area contributed by atoms with Crippen molar-refractivity contribution < 1.29 is 4.79 Å². The number of aromatic nitrogens is 2. The molecule has 0 radical (unpaired) electrons. The number of benzene rings is 1. The lowest BCUT2D eigenvalue weighted by atomic mass is 10.1. The van der Waals surface area contributed by atoms with Crippen LogP contribution in [0, 0.1) is 5.92 Å². The highest BCUT2D eigenvalue weighted by Gasteiger charge is 2.44. The van der Waals surface area contributed by atoms with Gasteiger partial charge in [-0.05, 0) is 29.9 Å². The SMILES string of the molecule is CN(CCc1cn[nH]c1)C(=O)[C@@H]1C[C@H]1c1ccccc1. The molecule has 1 saturated carbocycles. The Labute approximate surface area is 118 Å². The van der Waals surface area contributed by atoms with E-state index in [1.54, 1.807) is 0 Å². The zero-order valence-corrected chi connectivity index (χ0v) is 11.6. The Morgan fingerprint density at radius 1 is 1.40 bits per heavy atom. The lowest BCUT2D eigenvalue weighted by Crippen LogP contribution is -2.30. The molecule has 0 bridgehead atoms. The average molecular weight is 269 g/mol. The van der Waals surface area contributed by atoms with E-state index in [0.29, 0.717) is 5.92 Å². The van der Waals surface area contributed by atoms with Gasteiger partial charge in [0.2, 0.25) is 5.91 Å². The number of nitrogens with zero attached hydrogens (tertiary/aromatic N) is 2. The fraction of sp³-hybridized carbons (Fsp3) is 0.375. The minimum Gasteiger partial charge on any atom is -0.345 e. The van der Waals surface area contributed by atoms with Gasteiger partial charge in [-0.2, -0.15) is 5.10 Å². The maximum atomic E-state index is 12.4. The van der Waals surface area contributed by atoms with Gasteiger partial charge in [0, 0.05) is 25.7 Å². The molecule has 2 atom stereocenters. The van der Waals surface area contributed by atoms with Crippen molar-refractivity contribution in [1.82, 2.24) is 15.1 Å². The molecule has 0 aliphatic heterocycles. The van der Waals surface area contributed by atoms with Gasteiger partial charge in [-0.1, -0.05) is 30.3 Å². The van der Waals surface area contributed by atoms with Gasteiger partial charge in [-0.15, -0.1) is 0 Å². The van der Waals surface area contributed by atoms with Gasteiger partial charge in [0.25, 0.3) is 0 Å². The molecule has 1 N–H and O–H groups in total. The third-order valence-corrected chi connectivity index (χ3v) is 4.00. The predicted octanol–water partition coefficient (Wildman–Crippen LogP) is 2.21. The molecule has 3 rings (SSSR count). The molecule has 20 heavy (non-hydrogen) atoms. The largest absolute Gasteiger partial charge is 0.345 e. The third-order valence-electron chi connectivity index (χ3n) is 4.00. The van der Waals surface area contributed by atoms with Crippen LogP contribution in [0.3, 0.4) is 0 Å². The van der Waals surface area contributed by atoms with Crippen LogP contribution in [-0.4, -0.2) is 34.6 Å². The van der Waals surface area contributed by atoms with Crippen LogP contribution >= 0.6 is 0 Å². The van der Waals surface area contributed by atoms with Crippen molar-refractivity contribution in [2.75, 3.05) is 13.6 Å². The second kappa shape index (κ2) is 5.49. The Hall–Kier alpha value is -2.10. The summed E-state index contributed by atoms with van der Waals surface area (Å²) >= 11 is 0. The molecule has 1 amide bonds. The topological polar surface area (TPSA) is 49.0 Å². The summed E-state index contributed by atoms with van der Waals surface area (Å²) in [6.07, 6.45) is 5.52. The Kier molecular flexibility index (Phi) is 3.54. The van der Waals surface area contributed by atoms with Gasteiger partial charge in [-0.25, -0.2) is 0 Å². The summed E-state index contributed by atoms with van der Waals surface area (Å²) in [6, 6.07) is 10.3. The summed E-state index contributed by atoms with van der Waals surface area (Å²) in [7, 11) is 1.89. The minimum absolute atomic E-state index is 0.173. The monoisotopic (exact) mass is 269 g/mol. The Morgan fingerprint density at radius 3 is 2.90 bits per heavy atom. The second-order valence-corrected chi connectivity index (χ2v) is 5.48. The quantitative estimate of drug-likeness (QED) is 0.904. The highest BCUT2D eigenvalue weighted by molar-refractivity contribution is 5.82. The average Bonchev–Trinajstić information content (AvgIpc) is 3.12. The molecule has 1 aromatic carbocycles. The van der Waals surface area contributed by atoms with E-state index < -0.39 is 0 Å². The summed E-state index contributed by atoms with van der Waals surface area (Å²) in [5.74, 6) is 0.856. The number of H-pyrrole nitrogens is 1. The number of carbonyl (C=O) groups excluding carboxylic acids is 1. The number of amides is 1. The Bertz CT molecular complexity index is 565. The van der Waals surface area contributed by atoms with E-state index in [-0.39, 0.29) is 11.8 Å². The zero-order chi connectivity index (χ0) is 13.9. The van der Waals surface area contributed by atoms with Gasteiger partial charge in [0.1, 0.15) is 0 Å². The van der Waals surface area contributed by atoms with Crippen LogP contribution in [-0.2, 0) is 11.2 Å². The van der Waals surface area contributed by atoms with Crippen LogP contribution in [0.5, 0.6) is 0 Å². The molecule has 1 aliphatic rings. The van der Waals surface area contributed by atoms with Crippen molar-refractivity contribution in [3.05, 3.63) is 53.9 Å². The van der Waals surface area contributed by atoms with Gasteiger partial charge >= 0.3 is 0 Å². The first kappa shape index (κ1) is 12.9. The van der Waals surface area contributed by atoms with Crippen molar-refractivity contribution in [2.45, 2.75) is 18.8 Å². The number of aromatic amines is 1. The first-order valence-corrected chi connectivity index (χ1v) is 7.03. The molecule has 104 valence electrons. The third kappa shape index (κ3) is 2.74. The maximum absolute atomic E-state index is 12.4. The van der Waals surface area contributed by atoms with E-state index in [2.05, 4.69) is 22.3 Å². The highest BCUT2D eigenvalue weighted by Crippen LogP contribution is 2.48. The lowest BCUT2D eigenvalue weighted by Gasteiger charge is -2.16. The molecular weight excluding hydrogens is 250 g/mol. The smallest absolute Gasteiger partial charge is 0.226 e. The molecule has 4 nitrogen and oxygen atoms in total. The van der Waals surface area contributed by atoms with Gasteiger partial charge in [0.15, 0.2) is 0 Å². The fourth-order valence-electron chi connectivity index (χ4n) is 2.64. The minimum atomic E-state index is 0.173. The molecule has 1 aliphatic carbocycles. The highest BCUT2D eigenvalue weighted by atomic mass is 16.2. The molecular formula is C16H19N3O. The summed E-state index contributed by atoms with van der Waals surface area (Å²) in [6.45, 7) is 0.746. The molecule has 1 fully saturated rings. The first-order chi connectivity index (χ1) is 9.75. The van der Waals surface area contributed by atoms with Crippen molar-refractivity contribution >= 4 is 5.91 Å². The van der Waals surface area contributed by atoms with E-state index in [4.69, 9.17) is 0 Å². The van der Waals surface area contributed by atoms with Gasteiger partial charge in [-0.3, -0.25) is 9.89 Å². The number of rotatable bonds is 5. The molecule has 0 spiro atoms. The van der Waals surface area contributed by atoms with E-state index in [1.807, 2.05) is 42.5 Å². The Morgan fingerprint density at radius 2 is 2.20 bits per heavy atom. The molecule has 0 unspecified atom stereocenters. The van der Waals surface area contributed by atoms with Crippen molar-refractivity contribution in [3.8, 4) is 0 Å². The maximum Gasteiger partial charge on any atom is 0.226 e. The normalized spacial score (nSPS) is 20.6. The molecule has 0 saturated heterocycles. The van der Waals surface area contributed by atoms with Gasteiger partial charge < -0.3 is 4.90 Å². The van der Waals surface area contributed by atoms with E-state index >= 15 is 0 Å². The summed E-state index contributed by atoms with van der Waals surface area (Å²) in [5, 5.41) is 6.71. The molecule has 4 heteroatoms. The first-order valence-electron chi connectivity index (χ1n) is 7.03. The Balaban J connectivity index is 1.52. The van der Waals surface area contributed by atoms with E-state index in [0.717, 1.165) is 24.9 Å². The van der Waals surface area contributed by atoms with Crippen LogP contribution in [0.25, 0.3) is 0 Å². The van der Waals surface area contributed by atoms with E-state index in [9.17, 15) is 4.79 Å². The summed E-state index contributed by atoms with van der Waals surface area (Å²) in [5.41, 5.74) is 2.43. The number of likely N-dealkylation sites (N-methyl/N-ethyl adjacent to an activating group) is 1. The number of carbonyl (C=O) groups is 1. The number of hydrogen-bond donors (Lipinski definition) is 1. The predicted molar refractivity (Wildman–Crippen MR) is 77.2 cm³/mol. The fourth-order valence-corrected chi connectivity index (χ4v) is 2.64. The van der Waals surface area contributed by atoms with Crippen LogP contribution in [0.2, 0.25) is 0 Å². The second-order valence-electron chi connectivity index (χ2n) is 5.48. The van der Waals surface area contributed by atoms with Crippen molar-refractivity contribution in [3.63, 3.8) is 0 Å². The van der Waals surface area contributed by atoms with Crippen LogP contribution in [0.15, 0.2) is 42.7 Å². The molecule has 1 heterocycles. The standard InChI is InChI=1S/C16H19N3O/c1-19(8-7-12-10-17-18-11-12)16(20)15-9-14(15)13-5-3-2-4-6-13/h2-6,10-11,14-15H,7-9H2,1H3,(H,17,18)/t14-,15+/m0/s1. The number of nitrogens with one attached hydrogen (secondary N) is 1. The summed E-state index contributed by atoms with van der Waals surface area (Å²) < 4.78 is 0. The van der Waals surface area contributed by atoms with Crippen LogP contribution in [0.1, 0.15) is 23.5 Å². The zero-order valence-electron chi connectivity index (χ0n) is 11.6. The lowest BCUT2D eigenvalue weighted by molar-refractivity contribution is -0.131. The van der Waals surface area contributed by atoms with Crippen molar-refractivity contribution in [1.29, 1.82) is 0 Å². The van der Waals surface area contributed by atoms with Crippen LogP contribution < -0.4 is 0 Å². The van der Waals surface area contributed by atoms with Gasteiger partial charge in [0.05, 0.1) is 6.20 Å².